The minimum Gasteiger partial charge on any atom is -0.370 e. The average molecular weight is 335 g/mol. The van der Waals surface area contributed by atoms with Crippen LogP contribution in [0.15, 0.2) is 24.3 Å². The van der Waals surface area contributed by atoms with E-state index in [9.17, 15) is 14.0 Å². The number of hydrogen-bond acceptors (Lipinski definition) is 3. The molecule has 0 unspecified atom stereocenters. The number of morpholine rings is 1. The standard InChI is InChI=1S/C17H22FN3O3/c1-20(2)16(22)14-7-13-9-21(10-15(14)24-13)17(23)19-8-11-4-3-5-12(18)6-11/h3-6,13-15H,7-10H2,1-2H3,(H,19,23)/t13-,14+,15-/m1/s1. The van der Waals surface area contributed by atoms with Gasteiger partial charge in [-0.05, 0) is 24.1 Å². The summed E-state index contributed by atoms with van der Waals surface area (Å²) < 4.78 is 19.0. The summed E-state index contributed by atoms with van der Waals surface area (Å²) in [6.07, 6.45) is 0.297. The first-order valence-corrected chi connectivity index (χ1v) is 8.08. The van der Waals surface area contributed by atoms with Gasteiger partial charge in [0.1, 0.15) is 5.82 Å². The lowest BCUT2D eigenvalue weighted by atomic mass is 9.99. The number of rotatable bonds is 3. The predicted octanol–water partition coefficient (Wildman–Crippen LogP) is 1.21. The number of fused-ring (bicyclic) bond motifs is 2. The molecule has 2 bridgehead atoms. The number of ether oxygens (including phenoxy) is 1. The van der Waals surface area contributed by atoms with Crippen LogP contribution in [-0.2, 0) is 16.1 Å². The Labute approximate surface area is 140 Å². The normalized spacial score (nSPS) is 25.5. The SMILES string of the molecule is CN(C)C(=O)[C@H]1C[C@@H]2CN(C(=O)NCc3cccc(F)c3)C[C@H]1O2. The first kappa shape index (κ1) is 16.7. The maximum Gasteiger partial charge on any atom is 0.317 e. The summed E-state index contributed by atoms with van der Waals surface area (Å²) >= 11 is 0. The zero-order valence-electron chi connectivity index (χ0n) is 13.9. The Bertz CT molecular complexity index is 637. The van der Waals surface area contributed by atoms with E-state index in [-0.39, 0.29) is 42.4 Å². The Morgan fingerprint density at radius 2 is 2.17 bits per heavy atom. The molecule has 1 aromatic rings. The van der Waals surface area contributed by atoms with Gasteiger partial charge in [-0.25, -0.2) is 9.18 Å². The first-order valence-electron chi connectivity index (χ1n) is 8.08. The third kappa shape index (κ3) is 3.51. The van der Waals surface area contributed by atoms with E-state index < -0.39 is 0 Å². The number of likely N-dealkylation sites (tertiary alicyclic amines) is 1. The van der Waals surface area contributed by atoms with Crippen molar-refractivity contribution in [3.63, 3.8) is 0 Å². The van der Waals surface area contributed by atoms with Crippen LogP contribution in [0.3, 0.4) is 0 Å². The molecular weight excluding hydrogens is 313 g/mol. The molecule has 0 radical (unpaired) electrons. The lowest BCUT2D eigenvalue weighted by Gasteiger charge is -2.33. The second-order valence-corrected chi connectivity index (χ2v) is 6.57. The molecule has 6 nitrogen and oxygen atoms in total. The van der Waals surface area contributed by atoms with Crippen molar-refractivity contribution in [3.05, 3.63) is 35.6 Å². The molecule has 0 saturated carbocycles. The number of carbonyl (C=O) groups excluding carboxylic acids is 2. The number of amides is 3. The smallest absolute Gasteiger partial charge is 0.317 e. The van der Waals surface area contributed by atoms with Crippen LogP contribution in [0.2, 0.25) is 0 Å². The third-order valence-electron chi connectivity index (χ3n) is 4.54. The van der Waals surface area contributed by atoms with E-state index in [1.54, 1.807) is 36.0 Å². The van der Waals surface area contributed by atoms with Gasteiger partial charge in [-0.15, -0.1) is 0 Å². The molecule has 0 aliphatic carbocycles. The predicted molar refractivity (Wildman–Crippen MR) is 85.7 cm³/mol. The maximum absolute atomic E-state index is 13.2. The zero-order valence-corrected chi connectivity index (χ0v) is 13.9. The van der Waals surface area contributed by atoms with Crippen molar-refractivity contribution in [2.45, 2.75) is 25.2 Å². The fraction of sp³-hybridized carbons (Fsp3) is 0.529. The molecule has 2 aliphatic rings. The summed E-state index contributed by atoms with van der Waals surface area (Å²) in [5, 5.41) is 2.80. The summed E-state index contributed by atoms with van der Waals surface area (Å²) in [5.41, 5.74) is 0.709. The van der Waals surface area contributed by atoms with Crippen molar-refractivity contribution in [3.8, 4) is 0 Å². The first-order chi connectivity index (χ1) is 11.4. The van der Waals surface area contributed by atoms with Crippen LogP contribution in [0.5, 0.6) is 0 Å². The Kier molecular flexibility index (Phi) is 4.71. The molecule has 2 heterocycles. The molecule has 2 aliphatic heterocycles. The number of nitrogens with one attached hydrogen (secondary N) is 1. The second kappa shape index (κ2) is 6.76. The van der Waals surface area contributed by atoms with Gasteiger partial charge < -0.3 is 19.9 Å². The highest BCUT2D eigenvalue weighted by Gasteiger charge is 2.46. The third-order valence-corrected chi connectivity index (χ3v) is 4.54. The molecule has 2 saturated heterocycles. The molecule has 24 heavy (non-hydrogen) atoms. The molecule has 3 amide bonds. The second-order valence-electron chi connectivity index (χ2n) is 6.57. The largest absolute Gasteiger partial charge is 0.370 e. The topological polar surface area (TPSA) is 61.9 Å². The van der Waals surface area contributed by atoms with Crippen molar-refractivity contribution in [2.75, 3.05) is 27.2 Å². The number of hydrogen-bond donors (Lipinski definition) is 1. The van der Waals surface area contributed by atoms with Gasteiger partial charge in [0, 0.05) is 33.7 Å². The van der Waals surface area contributed by atoms with Crippen LogP contribution in [0.4, 0.5) is 9.18 Å². The van der Waals surface area contributed by atoms with Gasteiger partial charge in [0.15, 0.2) is 0 Å². The average Bonchev–Trinajstić information content (AvgIpc) is 2.85. The van der Waals surface area contributed by atoms with Gasteiger partial charge in [0.2, 0.25) is 5.91 Å². The number of nitrogens with zero attached hydrogens (tertiary/aromatic N) is 2. The Balaban J connectivity index is 1.57. The minimum absolute atomic E-state index is 0.0459. The summed E-state index contributed by atoms with van der Waals surface area (Å²) in [6.45, 7) is 1.14. The van der Waals surface area contributed by atoms with E-state index >= 15 is 0 Å². The van der Waals surface area contributed by atoms with E-state index in [2.05, 4.69) is 5.32 Å². The summed E-state index contributed by atoms with van der Waals surface area (Å²) in [4.78, 5) is 27.8. The van der Waals surface area contributed by atoms with Gasteiger partial charge in [0.25, 0.3) is 0 Å². The zero-order chi connectivity index (χ0) is 17.3. The fourth-order valence-corrected chi connectivity index (χ4v) is 3.35. The summed E-state index contributed by atoms with van der Waals surface area (Å²) in [6, 6.07) is 5.93. The van der Waals surface area contributed by atoms with Crippen molar-refractivity contribution in [2.24, 2.45) is 5.92 Å². The summed E-state index contributed by atoms with van der Waals surface area (Å²) in [7, 11) is 3.46. The van der Waals surface area contributed by atoms with Gasteiger partial charge in [-0.2, -0.15) is 0 Å². The van der Waals surface area contributed by atoms with Crippen LogP contribution in [0, 0.1) is 11.7 Å². The van der Waals surface area contributed by atoms with Crippen molar-refractivity contribution >= 4 is 11.9 Å². The molecule has 7 heteroatoms. The molecule has 1 aromatic carbocycles. The van der Waals surface area contributed by atoms with E-state index in [0.717, 1.165) is 0 Å². The highest BCUT2D eigenvalue weighted by atomic mass is 19.1. The lowest BCUT2D eigenvalue weighted by Crippen LogP contribution is -2.51. The molecule has 3 rings (SSSR count). The monoisotopic (exact) mass is 335 g/mol. The maximum atomic E-state index is 13.2. The van der Waals surface area contributed by atoms with Crippen LogP contribution < -0.4 is 5.32 Å². The number of benzene rings is 1. The fourth-order valence-electron chi connectivity index (χ4n) is 3.35. The van der Waals surface area contributed by atoms with Gasteiger partial charge >= 0.3 is 6.03 Å². The van der Waals surface area contributed by atoms with Crippen LogP contribution >= 0.6 is 0 Å². The van der Waals surface area contributed by atoms with Crippen LogP contribution in [0.1, 0.15) is 12.0 Å². The Hall–Kier alpha value is -2.15. The van der Waals surface area contributed by atoms with Crippen LogP contribution in [-0.4, -0.2) is 61.1 Å². The lowest BCUT2D eigenvalue weighted by molar-refractivity contribution is -0.135. The van der Waals surface area contributed by atoms with Gasteiger partial charge in [-0.1, -0.05) is 12.1 Å². The molecule has 3 atom stereocenters. The van der Waals surface area contributed by atoms with E-state index in [1.165, 1.54) is 12.1 Å². The number of halogens is 1. The minimum atomic E-state index is -0.323. The van der Waals surface area contributed by atoms with Gasteiger partial charge in [0.05, 0.1) is 18.1 Å². The van der Waals surface area contributed by atoms with Gasteiger partial charge in [-0.3, -0.25) is 4.79 Å². The van der Waals surface area contributed by atoms with Crippen molar-refractivity contribution in [1.29, 1.82) is 0 Å². The van der Waals surface area contributed by atoms with Crippen LogP contribution in [0.25, 0.3) is 0 Å². The Morgan fingerprint density at radius 1 is 1.38 bits per heavy atom. The molecular formula is C17H22FN3O3. The van der Waals surface area contributed by atoms with E-state index in [1.807, 2.05) is 0 Å². The number of urea groups is 1. The van der Waals surface area contributed by atoms with E-state index in [4.69, 9.17) is 4.74 Å². The molecule has 1 N–H and O–H groups in total. The summed E-state index contributed by atoms with van der Waals surface area (Å²) in [5.74, 6) is -0.466. The van der Waals surface area contributed by atoms with Crippen molar-refractivity contribution < 1.29 is 18.7 Å². The highest BCUT2D eigenvalue weighted by molar-refractivity contribution is 5.80. The number of carbonyl (C=O) groups is 2. The Morgan fingerprint density at radius 3 is 2.88 bits per heavy atom. The molecule has 0 spiro atoms. The molecule has 2 fully saturated rings. The molecule has 130 valence electrons. The highest BCUT2D eigenvalue weighted by Crippen LogP contribution is 2.32. The van der Waals surface area contributed by atoms with E-state index in [0.29, 0.717) is 25.1 Å². The molecule has 0 aromatic heterocycles. The van der Waals surface area contributed by atoms with Crippen molar-refractivity contribution in [1.82, 2.24) is 15.1 Å². The quantitative estimate of drug-likeness (QED) is 0.903.